The molecule has 6 nitrogen and oxygen atoms in total. The molecule has 1 saturated heterocycles. The lowest BCUT2D eigenvalue weighted by Gasteiger charge is -2.36. The third-order valence-corrected chi connectivity index (χ3v) is 6.14. The number of carbonyl (C=O) groups excluding carboxylic acids is 1. The van der Waals surface area contributed by atoms with Crippen molar-refractivity contribution < 1.29 is 19.8 Å². The molecule has 3 N–H and O–H groups in total. The van der Waals surface area contributed by atoms with E-state index in [1.807, 2.05) is 12.1 Å². The number of likely N-dealkylation sites (tertiary alicyclic amines) is 1. The maximum absolute atomic E-state index is 12.5. The summed E-state index contributed by atoms with van der Waals surface area (Å²) in [6.45, 7) is 1.23. The number of piperidine rings is 1. The normalized spacial score (nSPS) is 25.0. The molecule has 7 heteroatoms. The highest BCUT2D eigenvalue weighted by Crippen LogP contribution is 2.31. The number of amides is 2. The van der Waals surface area contributed by atoms with Crippen molar-refractivity contribution in [1.82, 2.24) is 10.2 Å². The Hall–Kier alpha value is -1.79. The molecule has 1 unspecified atom stereocenters. The molecule has 1 aromatic rings. The summed E-state index contributed by atoms with van der Waals surface area (Å²) in [5.41, 5.74) is 0.859. The number of nitrogens with one attached hydrogen (secondary N) is 1. The molecule has 0 radical (unpaired) electrons. The van der Waals surface area contributed by atoms with Crippen LogP contribution in [-0.4, -0.2) is 46.2 Å². The molecule has 3 rings (SSSR count). The lowest BCUT2D eigenvalue weighted by atomic mass is 9.86. The van der Waals surface area contributed by atoms with Crippen molar-refractivity contribution in [2.24, 2.45) is 11.8 Å². The van der Waals surface area contributed by atoms with Crippen LogP contribution in [0, 0.1) is 11.8 Å². The lowest BCUT2D eigenvalue weighted by molar-refractivity contribution is -0.142. The number of nitrogens with zero attached hydrogens (tertiary/aromatic N) is 1. The number of rotatable bonds is 4. The van der Waals surface area contributed by atoms with Gasteiger partial charge in [-0.15, -0.1) is 0 Å². The van der Waals surface area contributed by atoms with Gasteiger partial charge in [0.15, 0.2) is 0 Å². The number of urea groups is 1. The van der Waals surface area contributed by atoms with Crippen LogP contribution in [-0.2, 0) is 4.79 Å². The Balaban J connectivity index is 1.44. The third-order valence-electron chi connectivity index (χ3n) is 5.89. The Morgan fingerprint density at radius 3 is 2.19 bits per heavy atom. The number of halogens is 1. The van der Waals surface area contributed by atoms with Crippen LogP contribution in [0.25, 0.3) is 0 Å². The van der Waals surface area contributed by atoms with E-state index in [0.717, 1.165) is 18.4 Å². The van der Waals surface area contributed by atoms with E-state index in [9.17, 15) is 14.7 Å². The molecule has 1 saturated carbocycles. The fourth-order valence-corrected chi connectivity index (χ4v) is 4.23. The smallest absolute Gasteiger partial charge is 0.317 e. The highest BCUT2D eigenvalue weighted by atomic mass is 35.5. The van der Waals surface area contributed by atoms with E-state index in [0.29, 0.717) is 43.8 Å². The van der Waals surface area contributed by atoms with Crippen molar-refractivity contribution in [3.63, 3.8) is 0 Å². The van der Waals surface area contributed by atoms with Crippen molar-refractivity contribution in [3.8, 4) is 0 Å². The highest BCUT2D eigenvalue weighted by molar-refractivity contribution is 6.30. The SMILES string of the molecule is O=C(O)C1CCC(NC(=O)N2CCC(C(O)c3ccc(Cl)cc3)CC2)CC1. The molecule has 1 aliphatic heterocycles. The van der Waals surface area contributed by atoms with Crippen molar-refractivity contribution in [2.45, 2.75) is 50.7 Å². The van der Waals surface area contributed by atoms with E-state index < -0.39 is 12.1 Å². The summed E-state index contributed by atoms with van der Waals surface area (Å²) >= 11 is 5.90. The second kappa shape index (κ2) is 8.93. The average molecular weight is 395 g/mol. The average Bonchev–Trinajstić information content (AvgIpc) is 2.68. The maximum atomic E-state index is 12.5. The van der Waals surface area contributed by atoms with Gasteiger partial charge in [-0.3, -0.25) is 4.79 Å². The molecule has 1 heterocycles. The fourth-order valence-electron chi connectivity index (χ4n) is 4.10. The quantitative estimate of drug-likeness (QED) is 0.729. The minimum Gasteiger partial charge on any atom is -0.481 e. The summed E-state index contributed by atoms with van der Waals surface area (Å²) < 4.78 is 0. The molecular weight excluding hydrogens is 368 g/mol. The van der Waals surface area contributed by atoms with E-state index in [1.165, 1.54) is 0 Å². The van der Waals surface area contributed by atoms with Crippen LogP contribution in [0.2, 0.25) is 5.02 Å². The largest absolute Gasteiger partial charge is 0.481 e. The first-order chi connectivity index (χ1) is 12.9. The zero-order chi connectivity index (χ0) is 19.4. The van der Waals surface area contributed by atoms with Crippen LogP contribution in [0.5, 0.6) is 0 Å². The molecular formula is C20H27ClN2O4. The monoisotopic (exact) mass is 394 g/mol. The van der Waals surface area contributed by atoms with Gasteiger partial charge >= 0.3 is 12.0 Å². The Bertz CT molecular complexity index is 650. The van der Waals surface area contributed by atoms with Crippen molar-refractivity contribution in [3.05, 3.63) is 34.9 Å². The van der Waals surface area contributed by atoms with Crippen LogP contribution in [0.3, 0.4) is 0 Å². The molecule has 2 amide bonds. The number of aliphatic hydroxyl groups is 1. The molecule has 27 heavy (non-hydrogen) atoms. The number of aliphatic hydroxyl groups excluding tert-OH is 1. The van der Waals surface area contributed by atoms with Crippen LogP contribution >= 0.6 is 11.6 Å². The third kappa shape index (κ3) is 5.14. The summed E-state index contributed by atoms with van der Waals surface area (Å²) in [5, 5.41) is 23.3. The Morgan fingerprint density at radius 1 is 1.04 bits per heavy atom. The van der Waals surface area contributed by atoms with E-state index in [1.54, 1.807) is 17.0 Å². The van der Waals surface area contributed by atoms with E-state index in [2.05, 4.69) is 5.32 Å². The van der Waals surface area contributed by atoms with Gasteiger partial charge in [-0.2, -0.15) is 0 Å². The zero-order valence-electron chi connectivity index (χ0n) is 15.3. The number of carbonyl (C=O) groups is 2. The first kappa shape index (κ1) is 20.0. The predicted molar refractivity (Wildman–Crippen MR) is 103 cm³/mol. The van der Waals surface area contributed by atoms with Gasteiger partial charge in [0.05, 0.1) is 12.0 Å². The van der Waals surface area contributed by atoms with E-state index in [-0.39, 0.29) is 23.9 Å². The van der Waals surface area contributed by atoms with Gasteiger partial charge < -0.3 is 20.4 Å². The topological polar surface area (TPSA) is 89.9 Å². The second-order valence-corrected chi connectivity index (χ2v) is 8.09. The Kier molecular flexibility index (Phi) is 6.60. The van der Waals surface area contributed by atoms with Crippen molar-refractivity contribution in [2.75, 3.05) is 13.1 Å². The van der Waals surface area contributed by atoms with Gasteiger partial charge in [-0.25, -0.2) is 4.79 Å². The fraction of sp³-hybridized carbons (Fsp3) is 0.600. The van der Waals surface area contributed by atoms with Gasteiger partial charge in [-0.1, -0.05) is 23.7 Å². The summed E-state index contributed by atoms with van der Waals surface area (Å²) in [6.07, 6.45) is 3.64. The molecule has 2 aliphatic rings. The molecule has 2 fully saturated rings. The number of carboxylic acid groups (broad SMARTS) is 1. The first-order valence-corrected chi connectivity index (χ1v) is 10.0. The van der Waals surface area contributed by atoms with Crippen LogP contribution in [0.1, 0.15) is 50.2 Å². The molecule has 0 spiro atoms. The number of hydrogen-bond donors (Lipinski definition) is 3. The predicted octanol–water partition coefficient (Wildman–Crippen LogP) is 3.44. The molecule has 0 bridgehead atoms. The van der Waals surface area contributed by atoms with Crippen LogP contribution in [0.15, 0.2) is 24.3 Å². The summed E-state index contributed by atoms with van der Waals surface area (Å²) in [5.74, 6) is -0.884. The second-order valence-electron chi connectivity index (χ2n) is 7.66. The van der Waals surface area contributed by atoms with Gasteiger partial charge in [0.2, 0.25) is 0 Å². The van der Waals surface area contributed by atoms with E-state index in [4.69, 9.17) is 16.7 Å². The number of benzene rings is 1. The molecule has 1 aliphatic carbocycles. The number of carboxylic acids is 1. The minimum absolute atomic E-state index is 0.0606. The maximum Gasteiger partial charge on any atom is 0.317 e. The number of aliphatic carboxylic acids is 1. The summed E-state index contributed by atoms with van der Waals surface area (Å²) in [7, 11) is 0. The lowest BCUT2D eigenvalue weighted by Crippen LogP contribution is -2.49. The zero-order valence-corrected chi connectivity index (χ0v) is 16.1. The Morgan fingerprint density at radius 2 is 1.63 bits per heavy atom. The van der Waals surface area contributed by atoms with Crippen LogP contribution < -0.4 is 5.32 Å². The minimum atomic E-state index is -0.735. The van der Waals surface area contributed by atoms with Crippen molar-refractivity contribution >= 4 is 23.6 Å². The van der Waals surface area contributed by atoms with E-state index >= 15 is 0 Å². The highest BCUT2D eigenvalue weighted by Gasteiger charge is 2.31. The van der Waals surface area contributed by atoms with Gasteiger partial charge in [0.25, 0.3) is 0 Å². The summed E-state index contributed by atoms with van der Waals surface area (Å²) in [6, 6.07) is 7.24. The molecule has 0 aromatic heterocycles. The first-order valence-electron chi connectivity index (χ1n) is 9.66. The van der Waals surface area contributed by atoms with Gasteiger partial charge in [-0.05, 0) is 62.1 Å². The number of hydrogen-bond acceptors (Lipinski definition) is 3. The molecule has 1 aromatic carbocycles. The van der Waals surface area contributed by atoms with Crippen molar-refractivity contribution in [1.29, 1.82) is 0 Å². The van der Waals surface area contributed by atoms with Crippen LogP contribution in [0.4, 0.5) is 4.79 Å². The standard InChI is InChI=1S/C20H27ClN2O4/c21-16-5-1-13(2-6-16)18(24)14-9-11-23(12-10-14)20(27)22-17-7-3-15(4-8-17)19(25)26/h1-2,5-6,14-15,17-18,24H,3-4,7-12H2,(H,22,27)(H,25,26). The van der Waals surface area contributed by atoms with Gasteiger partial charge in [0, 0.05) is 24.2 Å². The Labute approximate surface area is 164 Å². The van der Waals surface area contributed by atoms with Gasteiger partial charge in [0.1, 0.15) is 0 Å². The summed E-state index contributed by atoms with van der Waals surface area (Å²) in [4.78, 5) is 25.3. The molecule has 148 valence electrons. The molecule has 1 atom stereocenters.